The van der Waals surface area contributed by atoms with Crippen LogP contribution in [0.4, 0.5) is 0 Å². The van der Waals surface area contributed by atoms with Gasteiger partial charge in [0.2, 0.25) is 5.91 Å². The van der Waals surface area contributed by atoms with Gasteiger partial charge in [0.25, 0.3) is 0 Å². The van der Waals surface area contributed by atoms with Crippen LogP contribution in [0.3, 0.4) is 0 Å². The molecule has 0 unspecified atom stereocenters. The number of carbonyl (C=O) groups is 3. The first-order chi connectivity index (χ1) is 11.7. The number of piperidine rings is 2. The number of hydrogen-bond acceptors (Lipinski definition) is 3. The molecule has 6 rings (SSSR count). The predicted molar refractivity (Wildman–Crippen MR) is 108 cm³/mol. The Morgan fingerprint density at radius 1 is 0.852 bits per heavy atom. The first kappa shape index (κ1) is 21.8. The molecule has 6 aliphatic rings. The highest BCUT2D eigenvalue weighted by Gasteiger charge is 2.62. The lowest BCUT2D eigenvalue weighted by atomic mass is 9.44. The number of amides is 1. The average molecular weight is 376 g/mol. The summed E-state index contributed by atoms with van der Waals surface area (Å²) < 4.78 is 0. The van der Waals surface area contributed by atoms with E-state index in [2.05, 4.69) is 53.4 Å². The third-order valence-electron chi connectivity index (χ3n) is 7.78. The van der Waals surface area contributed by atoms with Crippen molar-refractivity contribution in [1.29, 1.82) is 0 Å². The SMILES string of the molecule is C.C=C1NC(=O)C2(C(C)(C)C)CC1C2.CC(C)(C)C12CC(C1)C(=O)CC2=O. The van der Waals surface area contributed by atoms with Crippen LogP contribution in [0.15, 0.2) is 12.3 Å². The van der Waals surface area contributed by atoms with Gasteiger partial charge in [-0.2, -0.15) is 0 Å². The van der Waals surface area contributed by atoms with Crippen molar-refractivity contribution in [2.75, 3.05) is 0 Å². The van der Waals surface area contributed by atoms with Crippen LogP contribution in [-0.4, -0.2) is 17.5 Å². The van der Waals surface area contributed by atoms with E-state index in [9.17, 15) is 14.4 Å². The number of Topliss-reactive ketones (excluding diaryl/α,β-unsaturated/α-hetero) is 2. The van der Waals surface area contributed by atoms with Crippen LogP contribution in [0.25, 0.3) is 0 Å². The fraction of sp³-hybridized carbons (Fsp3) is 0.783. The van der Waals surface area contributed by atoms with Crippen molar-refractivity contribution < 1.29 is 14.4 Å². The molecule has 1 amide bonds. The number of ketones is 2. The largest absolute Gasteiger partial charge is 0.330 e. The van der Waals surface area contributed by atoms with Crippen LogP contribution < -0.4 is 5.32 Å². The molecule has 6 fully saturated rings. The van der Waals surface area contributed by atoms with Crippen molar-refractivity contribution in [3.63, 3.8) is 0 Å². The molecule has 0 atom stereocenters. The third-order valence-corrected chi connectivity index (χ3v) is 7.78. The second-order valence-electron chi connectivity index (χ2n) is 10.9. The van der Waals surface area contributed by atoms with Gasteiger partial charge in [-0.1, -0.05) is 55.5 Å². The Morgan fingerprint density at radius 2 is 1.30 bits per heavy atom. The number of hydrogen-bond donors (Lipinski definition) is 1. The van der Waals surface area contributed by atoms with E-state index in [-0.39, 0.29) is 58.9 Å². The first-order valence-electron chi connectivity index (χ1n) is 9.80. The van der Waals surface area contributed by atoms with Crippen LogP contribution in [0.5, 0.6) is 0 Å². The molecule has 152 valence electrons. The summed E-state index contributed by atoms with van der Waals surface area (Å²) >= 11 is 0. The van der Waals surface area contributed by atoms with Crippen molar-refractivity contribution in [1.82, 2.24) is 5.32 Å². The predicted octanol–water partition coefficient (Wildman–Crippen LogP) is 4.68. The Bertz CT molecular complexity index is 617. The highest BCUT2D eigenvalue weighted by Crippen LogP contribution is 2.61. The van der Waals surface area contributed by atoms with Gasteiger partial charge >= 0.3 is 0 Å². The number of fused-ring (bicyclic) bond motifs is 4. The summed E-state index contributed by atoms with van der Waals surface area (Å²) in [6.07, 6.45) is 3.83. The van der Waals surface area contributed by atoms with Gasteiger partial charge in [-0.3, -0.25) is 14.4 Å². The van der Waals surface area contributed by atoms with Gasteiger partial charge in [0.1, 0.15) is 11.6 Å². The standard InChI is InChI=1S/C11H17NO.C11H16O2.CH4/c1-7-8-5-11(6-8,9(13)12-7)10(2,3)4;1-10(2,3)11-5-7(6-11)8(12)4-9(11)13;/h8H,1,5-6H2,2-4H3,(H,12,13);7H,4-6H2,1-3H3;1H4. The number of rotatable bonds is 0. The topological polar surface area (TPSA) is 63.2 Å². The van der Waals surface area contributed by atoms with Crippen molar-refractivity contribution in [3.8, 4) is 0 Å². The van der Waals surface area contributed by atoms with E-state index in [1.807, 2.05) is 0 Å². The van der Waals surface area contributed by atoms with E-state index in [4.69, 9.17) is 0 Å². The zero-order valence-corrected chi connectivity index (χ0v) is 17.1. The van der Waals surface area contributed by atoms with Gasteiger partial charge in [0.15, 0.2) is 0 Å². The second-order valence-corrected chi connectivity index (χ2v) is 10.9. The van der Waals surface area contributed by atoms with Gasteiger partial charge in [-0.25, -0.2) is 0 Å². The van der Waals surface area contributed by atoms with E-state index >= 15 is 0 Å². The molecule has 27 heavy (non-hydrogen) atoms. The number of allylic oxidation sites excluding steroid dienone is 1. The van der Waals surface area contributed by atoms with E-state index in [0.29, 0.717) is 5.92 Å². The van der Waals surface area contributed by atoms with E-state index in [1.54, 1.807) is 0 Å². The zero-order valence-electron chi connectivity index (χ0n) is 17.1. The lowest BCUT2D eigenvalue weighted by molar-refractivity contribution is -0.166. The van der Waals surface area contributed by atoms with Crippen LogP contribution in [0.1, 0.15) is 81.1 Å². The van der Waals surface area contributed by atoms with Crippen molar-refractivity contribution >= 4 is 17.5 Å². The maximum absolute atomic E-state index is 11.8. The van der Waals surface area contributed by atoms with E-state index in [0.717, 1.165) is 31.4 Å². The van der Waals surface area contributed by atoms with E-state index in [1.165, 1.54) is 0 Å². The molecule has 0 aromatic rings. The molecule has 0 radical (unpaired) electrons. The highest BCUT2D eigenvalue weighted by atomic mass is 16.2. The minimum Gasteiger partial charge on any atom is -0.330 e. The summed E-state index contributed by atoms with van der Waals surface area (Å²) in [5, 5.41) is 2.89. The molecule has 0 aromatic carbocycles. The normalized spacial score (nSPS) is 37.1. The van der Waals surface area contributed by atoms with Crippen molar-refractivity contribution in [3.05, 3.63) is 12.3 Å². The summed E-state index contributed by atoms with van der Waals surface area (Å²) in [7, 11) is 0. The second kappa shape index (κ2) is 6.28. The van der Waals surface area contributed by atoms with Gasteiger partial charge in [-0.15, -0.1) is 0 Å². The molecule has 4 aliphatic carbocycles. The molecule has 0 spiro atoms. The Kier molecular flexibility index (Phi) is 5.08. The molecule has 4 bridgehead atoms. The van der Waals surface area contributed by atoms with Crippen LogP contribution in [0.2, 0.25) is 0 Å². The molecule has 4 heteroatoms. The highest BCUT2D eigenvalue weighted by molar-refractivity contribution is 6.08. The Balaban J connectivity index is 0.000000187. The van der Waals surface area contributed by atoms with E-state index < -0.39 is 0 Å². The molecule has 0 aromatic heterocycles. The van der Waals surface area contributed by atoms with Crippen molar-refractivity contribution in [2.45, 2.75) is 81.1 Å². The fourth-order valence-electron chi connectivity index (χ4n) is 5.27. The van der Waals surface area contributed by atoms with Crippen LogP contribution in [-0.2, 0) is 14.4 Å². The molecule has 2 saturated heterocycles. The molecule has 4 saturated carbocycles. The lowest BCUT2D eigenvalue weighted by Crippen LogP contribution is -2.62. The van der Waals surface area contributed by atoms with Gasteiger partial charge in [0.05, 0.1) is 11.8 Å². The smallest absolute Gasteiger partial charge is 0.230 e. The monoisotopic (exact) mass is 375 g/mol. The molecule has 2 heterocycles. The van der Waals surface area contributed by atoms with Gasteiger partial charge < -0.3 is 5.32 Å². The maximum Gasteiger partial charge on any atom is 0.230 e. The summed E-state index contributed by atoms with van der Waals surface area (Å²) in [4.78, 5) is 34.9. The Morgan fingerprint density at radius 3 is 1.67 bits per heavy atom. The van der Waals surface area contributed by atoms with Crippen molar-refractivity contribution in [2.24, 2.45) is 33.5 Å². The summed E-state index contributed by atoms with van der Waals surface area (Å²) in [6, 6.07) is 0. The summed E-state index contributed by atoms with van der Waals surface area (Å²) in [5.74, 6) is 1.30. The lowest BCUT2D eigenvalue weighted by Gasteiger charge is -2.58. The molecular weight excluding hydrogens is 338 g/mol. The molecule has 2 aliphatic heterocycles. The zero-order chi connectivity index (χ0) is 19.7. The molecule has 4 nitrogen and oxygen atoms in total. The van der Waals surface area contributed by atoms with Gasteiger partial charge in [-0.05, 0) is 36.5 Å². The Labute approximate surface area is 164 Å². The van der Waals surface area contributed by atoms with Crippen LogP contribution in [0, 0.1) is 33.5 Å². The maximum atomic E-state index is 11.8. The number of nitrogens with one attached hydrogen (secondary N) is 1. The minimum absolute atomic E-state index is 0. The molecular formula is C23H37NO3. The third kappa shape index (κ3) is 3.00. The molecule has 1 N–H and O–H groups in total. The first-order valence-corrected chi connectivity index (χ1v) is 9.80. The average Bonchev–Trinajstić information content (AvgIpc) is 2.30. The quantitative estimate of drug-likeness (QED) is 0.625. The fourth-order valence-corrected chi connectivity index (χ4v) is 5.27. The number of carbonyl (C=O) groups excluding carboxylic acids is 3. The summed E-state index contributed by atoms with van der Waals surface area (Å²) in [5.41, 5.74) is 0.760. The summed E-state index contributed by atoms with van der Waals surface area (Å²) in [6.45, 7) is 16.6. The Hall–Kier alpha value is -1.45. The van der Waals surface area contributed by atoms with Gasteiger partial charge in [0, 0.05) is 22.9 Å². The minimum atomic E-state index is -0.161. The van der Waals surface area contributed by atoms with Crippen LogP contribution >= 0.6 is 0 Å².